The van der Waals surface area contributed by atoms with Gasteiger partial charge in [0.15, 0.2) is 0 Å². The molecule has 138 valence electrons. The molecule has 6 heteroatoms. The summed E-state index contributed by atoms with van der Waals surface area (Å²) in [7, 11) is 0. The predicted octanol–water partition coefficient (Wildman–Crippen LogP) is 7.43. The lowest BCUT2D eigenvalue weighted by molar-refractivity contribution is -0.143. The van der Waals surface area contributed by atoms with Crippen LogP contribution >= 0.6 is 0 Å². The summed E-state index contributed by atoms with van der Waals surface area (Å²) in [6, 6.07) is 1.91. The highest BCUT2D eigenvalue weighted by atomic mass is 19.4. The predicted molar refractivity (Wildman–Crippen MR) is 82.8 cm³/mol. The van der Waals surface area contributed by atoms with Crippen LogP contribution in [0.4, 0.5) is 26.3 Å². The molecule has 24 heavy (non-hydrogen) atoms. The van der Waals surface area contributed by atoms with Crippen molar-refractivity contribution in [2.75, 3.05) is 0 Å². The Hall–Kier alpha value is -1.20. The van der Waals surface area contributed by atoms with Crippen molar-refractivity contribution >= 4 is 0 Å². The Morgan fingerprint density at radius 1 is 0.875 bits per heavy atom. The maximum atomic E-state index is 13.0. The second-order valence-corrected chi connectivity index (χ2v) is 6.67. The summed E-state index contributed by atoms with van der Waals surface area (Å²) in [6.45, 7) is 7.58. The first-order chi connectivity index (χ1) is 10.8. The third-order valence-corrected chi connectivity index (χ3v) is 5.06. The number of halogens is 6. The summed E-state index contributed by atoms with van der Waals surface area (Å²) in [5, 5.41) is 0. The number of hydrogen-bond donors (Lipinski definition) is 0. The molecule has 0 heterocycles. The van der Waals surface area contributed by atoms with Gasteiger partial charge in [-0.15, -0.1) is 0 Å². The molecule has 1 aromatic rings. The SMILES string of the molecule is CCCCC(C)(CC)C(C)c1cc(C(F)(F)F)cc(C(F)(F)F)c1. The lowest BCUT2D eigenvalue weighted by Gasteiger charge is -2.36. The van der Waals surface area contributed by atoms with Gasteiger partial charge in [-0.05, 0) is 41.5 Å². The first-order valence-electron chi connectivity index (χ1n) is 8.14. The van der Waals surface area contributed by atoms with Gasteiger partial charge in [0.05, 0.1) is 11.1 Å². The van der Waals surface area contributed by atoms with E-state index in [0.29, 0.717) is 6.42 Å². The highest BCUT2D eigenvalue weighted by molar-refractivity contribution is 5.36. The summed E-state index contributed by atoms with van der Waals surface area (Å²) in [5.74, 6) is -0.405. The van der Waals surface area contributed by atoms with E-state index in [0.717, 1.165) is 31.4 Å². The summed E-state index contributed by atoms with van der Waals surface area (Å²) < 4.78 is 78.1. The van der Waals surface area contributed by atoms with Gasteiger partial charge in [0.1, 0.15) is 0 Å². The Morgan fingerprint density at radius 3 is 1.67 bits per heavy atom. The van der Waals surface area contributed by atoms with E-state index in [-0.39, 0.29) is 17.0 Å². The molecular weight excluding hydrogens is 330 g/mol. The van der Waals surface area contributed by atoms with Crippen LogP contribution in [0.15, 0.2) is 18.2 Å². The summed E-state index contributed by atoms with van der Waals surface area (Å²) >= 11 is 0. The molecule has 0 fully saturated rings. The molecule has 1 aromatic carbocycles. The molecule has 2 unspecified atom stereocenters. The maximum absolute atomic E-state index is 13.0. The molecule has 0 saturated carbocycles. The van der Waals surface area contributed by atoms with Gasteiger partial charge < -0.3 is 0 Å². The minimum Gasteiger partial charge on any atom is -0.166 e. The molecule has 1 rings (SSSR count). The summed E-state index contributed by atoms with van der Waals surface area (Å²) in [4.78, 5) is 0. The van der Waals surface area contributed by atoms with Gasteiger partial charge in [-0.3, -0.25) is 0 Å². The van der Waals surface area contributed by atoms with Crippen molar-refractivity contribution in [3.63, 3.8) is 0 Å². The van der Waals surface area contributed by atoms with Crippen molar-refractivity contribution in [2.24, 2.45) is 5.41 Å². The fourth-order valence-electron chi connectivity index (χ4n) is 2.91. The number of rotatable bonds is 6. The van der Waals surface area contributed by atoms with E-state index in [1.807, 2.05) is 20.8 Å². The van der Waals surface area contributed by atoms with Crippen molar-refractivity contribution in [3.8, 4) is 0 Å². The van der Waals surface area contributed by atoms with Gasteiger partial charge in [-0.2, -0.15) is 26.3 Å². The molecule has 0 aliphatic carbocycles. The molecule has 0 saturated heterocycles. The standard InChI is InChI=1S/C18H24F6/c1-5-7-8-16(4,6-2)12(3)13-9-14(17(19,20)21)11-15(10-13)18(22,23)24/h9-12H,5-8H2,1-4H3. The van der Waals surface area contributed by atoms with Crippen LogP contribution in [0.1, 0.15) is 76.0 Å². The van der Waals surface area contributed by atoms with Crippen LogP contribution in [0.5, 0.6) is 0 Å². The number of unbranched alkanes of at least 4 members (excludes halogenated alkanes) is 1. The molecule has 0 aliphatic heterocycles. The molecule has 2 atom stereocenters. The molecule has 0 spiro atoms. The highest BCUT2D eigenvalue weighted by Gasteiger charge is 2.39. The first-order valence-corrected chi connectivity index (χ1v) is 8.14. The van der Waals surface area contributed by atoms with Crippen molar-refractivity contribution < 1.29 is 26.3 Å². The minimum atomic E-state index is -4.80. The lowest BCUT2D eigenvalue weighted by atomic mass is 9.69. The van der Waals surface area contributed by atoms with Gasteiger partial charge >= 0.3 is 12.4 Å². The van der Waals surface area contributed by atoms with E-state index in [1.54, 1.807) is 6.92 Å². The van der Waals surface area contributed by atoms with Gasteiger partial charge in [0.2, 0.25) is 0 Å². The normalized spacial score (nSPS) is 16.8. The zero-order chi connectivity index (χ0) is 18.8. The lowest BCUT2D eigenvalue weighted by Crippen LogP contribution is -2.24. The van der Waals surface area contributed by atoms with E-state index >= 15 is 0 Å². The Morgan fingerprint density at radius 2 is 1.33 bits per heavy atom. The monoisotopic (exact) mass is 354 g/mol. The van der Waals surface area contributed by atoms with Crippen LogP contribution in [-0.4, -0.2) is 0 Å². The number of hydrogen-bond acceptors (Lipinski definition) is 0. The van der Waals surface area contributed by atoms with Gasteiger partial charge in [-0.25, -0.2) is 0 Å². The van der Waals surface area contributed by atoms with Crippen LogP contribution in [0.3, 0.4) is 0 Å². The third kappa shape index (κ3) is 4.90. The number of alkyl halides is 6. The quantitative estimate of drug-likeness (QED) is 0.466. The average Bonchev–Trinajstić information content (AvgIpc) is 2.49. The Labute approximate surface area is 139 Å². The highest BCUT2D eigenvalue weighted by Crippen LogP contribution is 2.45. The Balaban J connectivity index is 3.40. The molecule has 0 amide bonds. The average molecular weight is 354 g/mol. The molecule has 0 aromatic heterocycles. The fraction of sp³-hybridized carbons (Fsp3) is 0.667. The van der Waals surface area contributed by atoms with Crippen LogP contribution in [0.2, 0.25) is 0 Å². The number of benzene rings is 1. The van der Waals surface area contributed by atoms with E-state index < -0.39 is 29.4 Å². The van der Waals surface area contributed by atoms with E-state index in [9.17, 15) is 26.3 Å². The Kier molecular flexibility index (Phi) is 6.39. The van der Waals surface area contributed by atoms with Crippen LogP contribution in [0, 0.1) is 5.41 Å². The molecule has 0 N–H and O–H groups in total. The molecule has 0 bridgehead atoms. The summed E-state index contributed by atoms with van der Waals surface area (Å²) in [5.41, 5.74) is -2.73. The van der Waals surface area contributed by atoms with E-state index in [4.69, 9.17) is 0 Å². The van der Waals surface area contributed by atoms with Crippen molar-refractivity contribution in [1.29, 1.82) is 0 Å². The Bertz CT molecular complexity index is 511. The molecule has 0 radical (unpaired) electrons. The second-order valence-electron chi connectivity index (χ2n) is 6.67. The van der Waals surface area contributed by atoms with E-state index in [2.05, 4.69) is 0 Å². The zero-order valence-corrected chi connectivity index (χ0v) is 14.4. The van der Waals surface area contributed by atoms with Crippen molar-refractivity contribution in [2.45, 2.75) is 71.6 Å². The van der Waals surface area contributed by atoms with Crippen LogP contribution < -0.4 is 0 Å². The second kappa shape index (κ2) is 7.36. The van der Waals surface area contributed by atoms with Gasteiger partial charge in [-0.1, -0.05) is 47.0 Å². The van der Waals surface area contributed by atoms with Crippen LogP contribution in [0.25, 0.3) is 0 Å². The third-order valence-electron chi connectivity index (χ3n) is 5.06. The minimum absolute atomic E-state index is 0.0950. The smallest absolute Gasteiger partial charge is 0.166 e. The van der Waals surface area contributed by atoms with Gasteiger partial charge in [0.25, 0.3) is 0 Å². The molecule has 0 nitrogen and oxygen atoms in total. The van der Waals surface area contributed by atoms with Crippen LogP contribution in [-0.2, 0) is 12.4 Å². The molecule has 0 aliphatic rings. The topological polar surface area (TPSA) is 0 Å². The van der Waals surface area contributed by atoms with Gasteiger partial charge in [0, 0.05) is 0 Å². The molecular formula is C18H24F6. The van der Waals surface area contributed by atoms with Crippen molar-refractivity contribution in [3.05, 3.63) is 34.9 Å². The zero-order valence-electron chi connectivity index (χ0n) is 14.4. The summed E-state index contributed by atoms with van der Waals surface area (Å²) in [6.07, 6.45) is -6.34. The first kappa shape index (κ1) is 20.8. The maximum Gasteiger partial charge on any atom is 0.416 e. The van der Waals surface area contributed by atoms with Crippen molar-refractivity contribution in [1.82, 2.24) is 0 Å². The largest absolute Gasteiger partial charge is 0.416 e. The van der Waals surface area contributed by atoms with E-state index in [1.165, 1.54) is 0 Å². The fourth-order valence-corrected chi connectivity index (χ4v) is 2.91.